The Bertz CT molecular complexity index is 189. The van der Waals surface area contributed by atoms with E-state index in [-0.39, 0.29) is 5.76 Å². The topological polar surface area (TPSA) is 69.9 Å². The zero-order valence-corrected chi connectivity index (χ0v) is 10.1. The molecule has 4 nitrogen and oxygen atoms in total. The van der Waals surface area contributed by atoms with Crippen molar-refractivity contribution in [2.24, 2.45) is 0 Å². The molecule has 96 valence electrons. The van der Waals surface area contributed by atoms with Gasteiger partial charge in [-0.1, -0.05) is 51.9 Å². The first-order valence-corrected chi connectivity index (χ1v) is 6.14. The molecule has 0 aliphatic heterocycles. The van der Waals surface area contributed by atoms with Gasteiger partial charge in [0.2, 0.25) is 0 Å². The summed E-state index contributed by atoms with van der Waals surface area (Å²) in [4.78, 5) is 3.52. The first-order valence-electron chi connectivity index (χ1n) is 6.14. The van der Waals surface area contributed by atoms with Crippen LogP contribution in [-0.2, 0) is 4.89 Å². The van der Waals surface area contributed by atoms with E-state index < -0.39 is 5.95 Å². The highest BCUT2D eigenvalue weighted by molar-refractivity contribution is 4.89. The maximum atomic E-state index is 9.13. The van der Waals surface area contributed by atoms with E-state index in [1.165, 1.54) is 32.1 Å². The minimum atomic E-state index is -0.789. The number of hydrogen-bond acceptors (Lipinski definition) is 4. The monoisotopic (exact) mass is 232 g/mol. The maximum Gasteiger partial charge on any atom is 0.352 e. The lowest BCUT2D eigenvalue weighted by Gasteiger charge is -2.02. The minimum absolute atomic E-state index is 0.284. The molecule has 0 bridgehead atoms. The lowest BCUT2D eigenvalue weighted by atomic mass is 10.1. The van der Waals surface area contributed by atoms with E-state index in [9.17, 15) is 0 Å². The number of allylic oxidation sites excluding steroid dienone is 1. The second-order valence-electron chi connectivity index (χ2n) is 4.07. The molecule has 0 saturated heterocycles. The van der Waals surface area contributed by atoms with Crippen LogP contribution in [0.3, 0.4) is 0 Å². The van der Waals surface area contributed by atoms with Crippen molar-refractivity contribution in [1.29, 1.82) is 0 Å². The van der Waals surface area contributed by atoms with Gasteiger partial charge in [0.15, 0.2) is 5.76 Å². The van der Waals surface area contributed by atoms with Crippen LogP contribution in [0.4, 0.5) is 0 Å². The van der Waals surface area contributed by atoms with Crippen molar-refractivity contribution in [2.45, 2.75) is 64.7 Å². The maximum absolute atomic E-state index is 9.13. The van der Waals surface area contributed by atoms with E-state index in [1.54, 1.807) is 0 Å². The normalized spacial score (nSPS) is 12.4. The number of hydrogen-bond donors (Lipinski definition) is 3. The number of aliphatic hydroxyl groups excluding tert-OH is 2. The molecule has 0 aromatic rings. The van der Waals surface area contributed by atoms with Gasteiger partial charge in [-0.25, -0.2) is 0 Å². The molecule has 0 radical (unpaired) electrons. The molecule has 0 aliphatic carbocycles. The summed E-state index contributed by atoms with van der Waals surface area (Å²) in [6.07, 6.45) is 9.71. The molecule has 0 unspecified atom stereocenters. The molecular formula is C12H24O4. The van der Waals surface area contributed by atoms with Crippen LogP contribution in [0.1, 0.15) is 64.7 Å². The van der Waals surface area contributed by atoms with E-state index >= 15 is 0 Å². The van der Waals surface area contributed by atoms with Crippen LogP contribution in [-0.4, -0.2) is 15.5 Å². The number of unbranched alkanes of at least 4 members (excludes halogenated alkanes) is 7. The fourth-order valence-corrected chi connectivity index (χ4v) is 1.59. The molecule has 0 saturated carbocycles. The van der Waals surface area contributed by atoms with E-state index in [2.05, 4.69) is 11.8 Å². The molecule has 4 heteroatoms. The second-order valence-corrected chi connectivity index (χ2v) is 4.07. The zero-order valence-electron chi connectivity index (χ0n) is 10.1. The summed E-state index contributed by atoms with van der Waals surface area (Å²) in [5.41, 5.74) is 0. The molecule has 0 aliphatic rings. The van der Waals surface area contributed by atoms with Crippen molar-refractivity contribution >= 4 is 0 Å². The number of aliphatic hydroxyl groups is 2. The molecule has 0 amide bonds. The summed E-state index contributed by atoms with van der Waals surface area (Å²) < 4.78 is 0. The lowest BCUT2D eigenvalue weighted by molar-refractivity contribution is -0.239. The van der Waals surface area contributed by atoms with Crippen molar-refractivity contribution in [3.63, 3.8) is 0 Å². The summed E-state index contributed by atoms with van der Waals surface area (Å²) in [5, 5.41) is 26.0. The Balaban J connectivity index is 3.27. The standard InChI is InChI=1S/C12H24O4/c1-2-3-4-5-6-7-8-9-10-11(13)12(14)16-15/h13-15H,2-10H2,1H3/b12-11+. The minimum Gasteiger partial charge on any atom is -0.506 e. The molecule has 0 heterocycles. The first kappa shape index (κ1) is 15.1. The molecule has 0 spiro atoms. The predicted octanol–water partition coefficient (Wildman–Crippen LogP) is 4.29. The van der Waals surface area contributed by atoms with E-state index in [4.69, 9.17) is 15.5 Å². The predicted molar refractivity (Wildman–Crippen MR) is 63.2 cm³/mol. The molecule has 16 heavy (non-hydrogen) atoms. The molecule has 0 fully saturated rings. The molecule has 0 atom stereocenters. The van der Waals surface area contributed by atoms with Crippen LogP contribution in [0.15, 0.2) is 11.7 Å². The largest absolute Gasteiger partial charge is 0.506 e. The van der Waals surface area contributed by atoms with Crippen LogP contribution < -0.4 is 0 Å². The van der Waals surface area contributed by atoms with Crippen LogP contribution in [0, 0.1) is 0 Å². The highest BCUT2D eigenvalue weighted by Gasteiger charge is 2.04. The third-order valence-corrected chi connectivity index (χ3v) is 2.60. The third kappa shape index (κ3) is 8.41. The number of rotatable bonds is 10. The van der Waals surface area contributed by atoms with Gasteiger partial charge >= 0.3 is 5.95 Å². The molecule has 0 aromatic carbocycles. The average Bonchev–Trinajstić information content (AvgIpc) is 2.31. The second kappa shape index (κ2) is 10.6. The highest BCUT2D eigenvalue weighted by atomic mass is 17.1. The Kier molecular flexibility index (Phi) is 10.0. The van der Waals surface area contributed by atoms with Gasteiger partial charge in [0.05, 0.1) is 0 Å². The molecular weight excluding hydrogens is 208 g/mol. The quantitative estimate of drug-likeness (QED) is 0.227. The van der Waals surface area contributed by atoms with Gasteiger partial charge in [-0.05, 0) is 6.42 Å². The van der Waals surface area contributed by atoms with E-state index in [1.807, 2.05) is 0 Å². The van der Waals surface area contributed by atoms with E-state index in [0.29, 0.717) is 6.42 Å². The Morgan fingerprint density at radius 1 is 0.875 bits per heavy atom. The Hall–Kier alpha value is -0.900. The van der Waals surface area contributed by atoms with Crippen molar-refractivity contribution in [3.8, 4) is 0 Å². The fraction of sp³-hybridized carbons (Fsp3) is 0.833. The van der Waals surface area contributed by atoms with Crippen molar-refractivity contribution in [3.05, 3.63) is 11.7 Å². The van der Waals surface area contributed by atoms with Crippen LogP contribution in [0.25, 0.3) is 0 Å². The van der Waals surface area contributed by atoms with Gasteiger partial charge in [0, 0.05) is 6.42 Å². The summed E-state index contributed by atoms with van der Waals surface area (Å²) in [6, 6.07) is 0. The average molecular weight is 232 g/mol. The van der Waals surface area contributed by atoms with Crippen molar-refractivity contribution in [2.75, 3.05) is 0 Å². The Morgan fingerprint density at radius 3 is 1.88 bits per heavy atom. The van der Waals surface area contributed by atoms with Gasteiger partial charge in [-0.3, -0.25) is 4.89 Å². The van der Waals surface area contributed by atoms with Crippen LogP contribution in [0.5, 0.6) is 0 Å². The van der Waals surface area contributed by atoms with Crippen LogP contribution in [0.2, 0.25) is 0 Å². The Morgan fingerprint density at radius 2 is 1.38 bits per heavy atom. The SMILES string of the molecule is CCCCCCCCCC/C(O)=C(/O)OO. The fourth-order valence-electron chi connectivity index (χ4n) is 1.59. The molecule has 0 aromatic heterocycles. The Labute approximate surface area is 97.5 Å². The van der Waals surface area contributed by atoms with Gasteiger partial charge in [0.1, 0.15) is 0 Å². The van der Waals surface area contributed by atoms with Crippen LogP contribution >= 0.6 is 0 Å². The zero-order chi connectivity index (χ0) is 12.2. The van der Waals surface area contributed by atoms with Gasteiger partial charge in [0.25, 0.3) is 0 Å². The van der Waals surface area contributed by atoms with Gasteiger partial charge in [-0.2, -0.15) is 5.26 Å². The summed E-state index contributed by atoms with van der Waals surface area (Å²) in [6.45, 7) is 2.20. The summed E-state index contributed by atoms with van der Waals surface area (Å²) >= 11 is 0. The van der Waals surface area contributed by atoms with Crippen molar-refractivity contribution in [1.82, 2.24) is 0 Å². The smallest absolute Gasteiger partial charge is 0.352 e. The lowest BCUT2D eigenvalue weighted by Crippen LogP contribution is -1.93. The summed E-state index contributed by atoms with van der Waals surface area (Å²) in [5.74, 6) is -1.07. The van der Waals surface area contributed by atoms with Gasteiger partial charge < -0.3 is 10.2 Å². The van der Waals surface area contributed by atoms with Gasteiger partial charge in [-0.15, -0.1) is 0 Å². The molecule has 0 rings (SSSR count). The molecule has 3 N–H and O–H groups in total. The highest BCUT2D eigenvalue weighted by Crippen LogP contribution is 2.13. The van der Waals surface area contributed by atoms with E-state index in [0.717, 1.165) is 19.3 Å². The van der Waals surface area contributed by atoms with Crippen molar-refractivity contribution < 1.29 is 20.4 Å². The first-order chi connectivity index (χ1) is 7.72. The third-order valence-electron chi connectivity index (χ3n) is 2.60. The summed E-state index contributed by atoms with van der Waals surface area (Å²) in [7, 11) is 0.